The largest absolute Gasteiger partial charge is 0.493 e. The molecule has 1 aromatic heterocycles. The normalized spacial score (nSPS) is 14.6. The molecule has 3 aromatic rings. The Bertz CT molecular complexity index is 1050. The van der Waals surface area contributed by atoms with Crippen molar-refractivity contribution in [1.82, 2.24) is 4.98 Å². The van der Waals surface area contributed by atoms with Gasteiger partial charge in [-0.25, -0.2) is 4.98 Å². The Balaban J connectivity index is 1.54. The maximum absolute atomic E-state index is 9.18. The molecule has 0 saturated heterocycles. The molecule has 1 heterocycles. The van der Waals surface area contributed by atoms with Crippen molar-refractivity contribution < 1.29 is 9.84 Å². The van der Waals surface area contributed by atoms with Crippen LogP contribution in [0.5, 0.6) is 0 Å². The molecule has 0 atom stereocenters. The van der Waals surface area contributed by atoms with Gasteiger partial charge in [0.05, 0.1) is 17.8 Å². The van der Waals surface area contributed by atoms with Gasteiger partial charge in [-0.1, -0.05) is 48.0 Å². The fraction of sp³-hybridized carbons (Fsp3) is 0.240. The first kappa shape index (κ1) is 19.7. The van der Waals surface area contributed by atoms with Crippen LogP contribution in [0.25, 0.3) is 28.8 Å². The zero-order valence-corrected chi connectivity index (χ0v) is 17.0. The van der Waals surface area contributed by atoms with Gasteiger partial charge in [-0.2, -0.15) is 0 Å². The second-order valence-corrected chi connectivity index (χ2v) is 7.80. The van der Waals surface area contributed by atoms with Crippen LogP contribution in [0.15, 0.2) is 60.7 Å². The van der Waals surface area contributed by atoms with Gasteiger partial charge in [0.2, 0.25) is 0 Å². The van der Waals surface area contributed by atoms with Crippen molar-refractivity contribution in [2.24, 2.45) is 5.92 Å². The number of nitrogens with zero attached hydrogens (tertiary/aromatic N) is 1. The summed E-state index contributed by atoms with van der Waals surface area (Å²) in [7, 11) is 0. The third-order valence-electron chi connectivity index (χ3n) is 4.92. The highest BCUT2D eigenvalue weighted by molar-refractivity contribution is 6.31. The lowest BCUT2D eigenvalue weighted by atomic mass is 10.1. The number of benzene rings is 2. The van der Waals surface area contributed by atoms with Gasteiger partial charge < -0.3 is 9.84 Å². The zero-order chi connectivity index (χ0) is 20.1. The van der Waals surface area contributed by atoms with Crippen molar-refractivity contribution >= 4 is 40.4 Å². The monoisotopic (exact) mass is 405 g/mol. The van der Waals surface area contributed by atoms with Gasteiger partial charge in [-0.3, -0.25) is 0 Å². The molecule has 4 heteroatoms. The quantitative estimate of drug-likeness (QED) is 0.453. The zero-order valence-electron chi connectivity index (χ0n) is 16.2. The summed E-state index contributed by atoms with van der Waals surface area (Å²) in [4.78, 5) is 4.67. The van der Waals surface area contributed by atoms with Crippen molar-refractivity contribution in [1.29, 1.82) is 0 Å². The van der Waals surface area contributed by atoms with E-state index in [0.29, 0.717) is 17.4 Å². The standard InChI is InChI=1S/C25H24ClNO2/c26-22-11-9-20-10-13-23(27-24(20)16-22)12-8-18-3-1-4-21(15-18)25(5-2-14-28)29-17-19-6-7-19/h1,3-5,8-13,15-16,19,28H,2,6-7,14,17H2/b12-8+,25-5+. The molecular weight excluding hydrogens is 382 g/mol. The number of hydrogen-bond acceptors (Lipinski definition) is 3. The first-order valence-corrected chi connectivity index (χ1v) is 10.4. The summed E-state index contributed by atoms with van der Waals surface area (Å²) in [6.07, 6.45) is 9.11. The lowest BCUT2D eigenvalue weighted by molar-refractivity contribution is 0.257. The van der Waals surface area contributed by atoms with Crippen LogP contribution in [0, 0.1) is 5.92 Å². The highest BCUT2D eigenvalue weighted by Gasteiger charge is 2.22. The van der Waals surface area contributed by atoms with Crippen LogP contribution in [0.2, 0.25) is 5.02 Å². The predicted molar refractivity (Wildman–Crippen MR) is 120 cm³/mol. The van der Waals surface area contributed by atoms with E-state index in [2.05, 4.69) is 23.2 Å². The maximum Gasteiger partial charge on any atom is 0.122 e. The third-order valence-corrected chi connectivity index (χ3v) is 5.16. The number of fused-ring (bicyclic) bond motifs is 1. The Morgan fingerprint density at radius 2 is 1.97 bits per heavy atom. The van der Waals surface area contributed by atoms with Gasteiger partial charge in [0.25, 0.3) is 0 Å². The van der Waals surface area contributed by atoms with Gasteiger partial charge in [0.1, 0.15) is 5.76 Å². The van der Waals surface area contributed by atoms with E-state index in [1.165, 1.54) is 12.8 Å². The minimum atomic E-state index is 0.119. The number of ether oxygens (including phenoxy) is 1. The highest BCUT2D eigenvalue weighted by atomic mass is 35.5. The molecule has 1 saturated carbocycles. The summed E-state index contributed by atoms with van der Waals surface area (Å²) in [5, 5.41) is 10.9. The average molecular weight is 406 g/mol. The molecule has 0 bridgehead atoms. The topological polar surface area (TPSA) is 42.4 Å². The Kier molecular flexibility index (Phi) is 6.28. The summed E-state index contributed by atoms with van der Waals surface area (Å²) in [5.74, 6) is 1.53. The van der Waals surface area contributed by atoms with Crippen LogP contribution >= 0.6 is 11.6 Å². The molecule has 148 valence electrons. The minimum absolute atomic E-state index is 0.119. The number of rotatable bonds is 8. The maximum atomic E-state index is 9.18. The molecule has 1 fully saturated rings. The van der Waals surface area contributed by atoms with E-state index in [4.69, 9.17) is 16.3 Å². The fourth-order valence-corrected chi connectivity index (χ4v) is 3.29. The molecule has 1 aliphatic carbocycles. The molecule has 0 aliphatic heterocycles. The van der Waals surface area contributed by atoms with Crippen LogP contribution in [0.3, 0.4) is 0 Å². The Hall–Kier alpha value is -2.62. The number of aliphatic hydroxyl groups excluding tert-OH is 1. The van der Waals surface area contributed by atoms with Crippen molar-refractivity contribution in [3.8, 4) is 0 Å². The summed E-state index contributed by atoms with van der Waals surface area (Å²) in [6.45, 7) is 0.869. The minimum Gasteiger partial charge on any atom is -0.493 e. The van der Waals surface area contributed by atoms with Gasteiger partial charge in [-0.15, -0.1) is 0 Å². The highest BCUT2D eigenvalue weighted by Crippen LogP contribution is 2.31. The number of halogens is 1. The number of aromatic nitrogens is 1. The second kappa shape index (κ2) is 9.25. The Morgan fingerprint density at radius 1 is 1.10 bits per heavy atom. The van der Waals surface area contributed by atoms with E-state index in [-0.39, 0.29) is 6.61 Å². The van der Waals surface area contributed by atoms with Crippen LogP contribution in [-0.4, -0.2) is 23.3 Å². The van der Waals surface area contributed by atoms with E-state index < -0.39 is 0 Å². The van der Waals surface area contributed by atoms with Crippen molar-refractivity contribution in [3.05, 3.63) is 82.5 Å². The smallest absolute Gasteiger partial charge is 0.122 e. The lowest BCUT2D eigenvalue weighted by Crippen LogP contribution is -1.97. The number of pyridine rings is 1. The average Bonchev–Trinajstić information content (AvgIpc) is 3.57. The van der Waals surface area contributed by atoms with Crippen LogP contribution in [0.1, 0.15) is 36.1 Å². The molecule has 1 aliphatic rings. The predicted octanol–water partition coefficient (Wildman–Crippen LogP) is 6.21. The Morgan fingerprint density at radius 3 is 2.79 bits per heavy atom. The Labute approximate surface area is 176 Å². The molecular formula is C25H24ClNO2. The number of hydrogen-bond donors (Lipinski definition) is 1. The van der Waals surface area contributed by atoms with Gasteiger partial charge in [0.15, 0.2) is 0 Å². The van der Waals surface area contributed by atoms with Gasteiger partial charge >= 0.3 is 0 Å². The number of aliphatic hydroxyl groups is 1. The molecule has 0 amide bonds. The lowest BCUT2D eigenvalue weighted by Gasteiger charge is -2.11. The summed E-state index contributed by atoms with van der Waals surface area (Å²) in [6, 6.07) is 18.0. The molecule has 4 rings (SSSR count). The second-order valence-electron chi connectivity index (χ2n) is 7.37. The van der Waals surface area contributed by atoms with Gasteiger partial charge in [-0.05, 0) is 67.2 Å². The van der Waals surface area contributed by atoms with E-state index in [9.17, 15) is 5.11 Å². The third kappa shape index (κ3) is 5.47. The van der Waals surface area contributed by atoms with E-state index in [0.717, 1.165) is 40.1 Å². The first-order chi connectivity index (χ1) is 14.2. The van der Waals surface area contributed by atoms with Crippen molar-refractivity contribution in [3.63, 3.8) is 0 Å². The summed E-state index contributed by atoms with van der Waals surface area (Å²) >= 11 is 6.09. The summed E-state index contributed by atoms with van der Waals surface area (Å²) in [5.41, 5.74) is 3.86. The van der Waals surface area contributed by atoms with Crippen molar-refractivity contribution in [2.45, 2.75) is 19.3 Å². The summed E-state index contributed by atoms with van der Waals surface area (Å²) < 4.78 is 6.03. The molecule has 2 aromatic carbocycles. The molecule has 0 spiro atoms. The van der Waals surface area contributed by atoms with Gasteiger partial charge in [0, 0.05) is 22.6 Å². The molecule has 0 unspecified atom stereocenters. The molecule has 29 heavy (non-hydrogen) atoms. The van der Waals surface area contributed by atoms with Crippen LogP contribution in [0.4, 0.5) is 0 Å². The fourth-order valence-electron chi connectivity index (χ4n) is 3.12. The van der Waals surface area contributed by atoms with Crippen LogP contribution < -0.4 is 0 Å². The van der Waals surface area contributed by atoms with E-state index in [1.54, 1.807) is 0 Å². The molecule has 1 N–H and O–H groups in total. The van der Waals surface area contributed by atoms with E-state index in [1.807, 2.05) is 54.6 Å². The van der Waals surface area contributed by atoms with Crippen LogP contribution in [-0.2, 0) is 4.74 Å². The first-order valence-electron chi connectivity index (χ1n) is 10.00. The molecule has 0 radical (unpaired) electrons. The molecule has 3 nitrogen and oxygen atoms in total. The van der Waals surface area contributed by atoms with E-state index >= 15 is 0 Å². The SMILES string of the molecule is OCC/C=C(/OCC1CC1)c1cccc(/C=C/c2ccc3ccc(Cl)cc3n2)c1. The van der Waals surface area contributed by atoms with Crippen molar-refractivity contribution in [2.75, 3.05) is 13.2 Å².